The number of carbonyl (C=O) groups excluding carboxylic acids is 1. The molecule has 1 amide bonds. The molecule has 0 aliphatic heterocycles. The molecule has 0 bridgehead atoms. The Hall–Kier alpha value is -0.940. The molecule has 0 spiro atoms. The van der Waals surface area contributed by atoms with Crippen molar-refractivity contribution in [1.82, 2.24) is 10.3 Å². The summed E-state index contributed by atoms with van der Waals surface area (Å²) in [5, 5.41) is 3.62. The van der Waals surface area contributed by atoms with Gasteiger partial charge >= 0.3 is 0 Å². The van der Waals surface area contributed by atoms with Crippen LogP contribution in [0.5, 0.6) is 0 Å². The molecule has 3 N–H and O–H groups in total. The summed E-state index contributed by atoms with van der Waals surface area (Å²) in [5.74, 6) is 1.36. The van der Waals surface area contributed by atoms with Gasteiger partial charge in [-0.2, -0.15) is 11.8 Å². The van der Waals surface area contributed by atoms with E-state index in [-0.39, 0.29) is 24.4 Å². The highest BCUT2D eigenvalue weighted by Gasteiger charge is 2.28. The Morgan fingerprint density at radius 1 is 1.53 bits per heavy atom. The number of halogens is 1. The topological polar surface area (TPSA) is 68.0 Å². The lowest BCUT2D eigenvalue weighted by Gasteiger charge is -2.19. The van der Waals surface area contributed by atoms with Crippen LogP contribution in [0, 0.1) is 0 Å². The van der Waals surface area contributed by atoms with E-state index in [0.717, 1.165) is 12.2 Å². The van der Waals surface area contributed by atoms with Crippen LogP contribution in [0.1, 0.15) is 36.7 Å². The largest absolute Gasteiger partial charge is 0.384 e. The van der Waals surface area contributed by atoms with Crippen molar-refractivity contribution < 1.29 is 4.79 Å². The number of anilines is 1. The smallest absolute Gasteiger partial charge is 0.270 e. The van der Waals surface area contributed by atoms with Crippen LogP contribution < -0.4 is 11.1 Å². The summed E-state index contributed by atoms with van der Waals surface area (Å²) in [5.41, 5.74) is 5.99. The van der Waals surface area contributed by atoms with Gasteiger partial charge in [0.25, 0.3) is 5.91 Å². The van der Waals surface area contributed by atoms with E-state index in [0.29, 0.717) is 16.8 Å². The molecule has 1 heterocycles. The molecule has 4 nitrogen and oxygen atoms in total. The zero-order valence-electron chi connectivity index (χ0n) is 11.0. The van der Waals surface area contributed by atoms with Crippen molar-refractivity contribution in [2.75, 3.05) is 11.5 Å². The molecule has 2 atom stereocenters. The first-order chi connectivity index (χ1) is 8.70. The zero-order chi connectivity index (χ0) is 13.0. The van der Waals surface area contributed by atoms with Gasteiger partial charge in [-0.05, 0) is 30.7 Å². The Bertz CT molecular complexity index is 430. The molecule has 2 unspecified atom stereocenters. The SMILES string of the molecule is CCSC1CCCC1NC(=O)c1cccc(N)n1.Cl. The first kappa shape index (κ1) is 16.1. The lowest BCUT2D eigenvalue weighted by atomic mass is 10.2. The van der Waals surface area contributed by atoms with E-state index in [1.165, 1.54) is 12.8 Å². The number of amides is 1. The van der Waals surface area contributed by atoms with Crippen LogP contribution in [-0.2, 0) is 0 Å². The molecule has 19 heavy (non-hydrogen) atoms. The van der Waals surface area contributed by atoms with Gasteiger partial charge in [-0.25, -0.2) is 4.98 Å². The number of carbonyl (C=O) groups is 1. The van der Waals surface area contributed by atoms with E-state index >= 15 is 0 Å². The molecule has 1 aromatic rings. The summed E-state index contributed by atoms with van der Waals surface area (Å²) >= 11 is 1.93. The number of aromatic nitrogens is 1. The van der Waals surface area contributed by atoms with Crippen LogP contribution in [0.15, 0.2) is 18.2 Å². The van der Waals surface area contributed by atoms with Crippen LogP contribution in [0.2, 0.25) is 0 Å². The molecule has 0 saturated heterocycles. The second-order valence-electron chi connectivity index (χ2n) is 4.45. The van der Waals surface area contributed by atoms with Crippen LogP contribution in [0.25, 0.3) is 0 Å². The summed E-state index contributed by atoms with van der Waals surface area (Å²) in [6.07, 6.45) is 3.44. The number of nitrogen functional groups attached to an aromatic ring is 1. The van der Waals surface area contributed by atoms with Crippen molar-refractivity contribution in [3.05, 3.63) is 23.9 Å². The molecule has 2 rings (SSSR count). The fraction of sp³-hybridized carbons (Fsp3) is 0.538. The molecule has 6 heteroatoms. The Balaban J connectivity index is 0.00000180. The van der Waals surface area contributed by atoms with Crippen molar-refractivity contribution in [2.45, 2.75) is 37.5 Å². The van der Waals surface area contributed by atoms with E-state index in [2.05, 4.69) is 17.2 Å². The van der Waals surface area contributed by atoms with Gasteiger partial charge in [-0.1, -0.05) is 19.4 Å². The maximum Gasteiger partial charge on any atom is 0.270 e. The molecule has 0 aromatic carbocycles. The lowest BCUT2D eigenvalue weighted by Crippen LogP contribution is -2.39. The summed E-state index contributed by atoms with van der Waals surface area (Å²) in [4.78, 5) is 16.1. The van der Waals surface area contributed by atoms with Crippen molar-refractivity contribution >= 4 is 35.9 Å². The standard InChI is InChI=1S/C13H19N3OS.ClH/c1-2-18-11-7-3-5-9(11)16-13(17)10-6-4-8-12(14)15-10;/h4,6,8-9,11H,2-3,5,7H2,1H3,(H2,14,15)(H,16,17);1H. The van der Waals surface area contributed by atoms with Crippen LogP contribution >= 0.6 is 24.2 Å². The number of nitrogens with zero attached hydrogens (tertiary/aromatic N) is 1. The average Bonchev–Trinajstić information content (AvgIpc) is 2.77. The van der Waals surface area contributed by atoms with E-state index in [1.54, 1.807) is 18.2 Å². The molecule has 0 radical (unpaired) electrons. The van der Waals surface area contributed by atoms with Crippen LogP contribution in [0.3, 0.4) is 0 Å². The van der Waals surface area contributed by atoms with Gasteiger partial charge in [0.15, 0.2) is 0 Å². The summed E-state index contributed by atoms with van der Waals surface area (Å²) in [6, 6.07) is 5.40. The molecule has 1 aliphatic carbocycles. The Morgan fingerprint density at radius 2 is 2.32 bits per heavy atom. The Morgan fingerprint density at radius 3 is 3.00 bits per heavy atom. The van der Waals surface area contributed by atoms with Gasteiger partial charge in [0.2, 0.25) is 0 Å². The normalized spacial score (nSPS) is 21.7. The monoisotopic (exact) mass is 301 g/mol. The van der Waals surface area contributed by atoms with Gasteiger partial charge in [-0.15, -0.1) is 12.4 Å². The average molecular weight is 302 g/mol. The number of hydrogen-bond acceptors (Lipinski definition) is 4. The van der Waals surface area contributed by atoms with E-state index in [1.807, 2.05) is 11.8 Å². The first-order valence-electron chi connectivity index (χ1n) is 6.35. The third-order valence-electron chi connectivity index (χ3n) is 3.15. The minimum Gasteiger partial charge on any atom is -0.384 e. The first-order valence-corrected chi connectivity index (χ1v) is 7.40. The lowest BCUT2D eigenvalue weighted by molar-refractivity contribution is 0.0934. The minimum atomic E-state index is -0.115. The minimum absolute atomic E-state index is 0. The number of hydrogen-bond donors (Lipinski definition) is 2. The van der Waals surface area contributed by atoms with Crippen molar-refractivity contribution in [3.8, 4) is 0 Å². The molecular weight excluding hydrogens is 282 g/mol. The summed E-state index contributed by atoms with van der Waals surface area (Å²) in [6.45, 7) is 2.15. The van der Waals surface area contributed by atoms with Gasteiger partial charge in [-0.3, -0.25) is 4.79 Å². The summed E-state index contributed by atoms with van der Waals surface area (Å²) in [7, 11) is 0. The molecule has 1 aromatic heterocycles. The Labute approximate surface area is 124 Å². The van der Waals surface area contributed by atoms with Gasteiger partial charge in [0.1, 0.15) is 11.5 Å². The Kier molecular flexibility index (Phi) is 6.45. The predicted octanol–water partition coefficient (Wildman–Crippen LogP) is 2.49. The number of thioether (sulfide) groups is 1. The van der Waals surface area contributed by atoms with Crippen molar-refractivity contribution in [3.63, 3.8) is 0 Å². The van der Waals surface area contributed by atoms with Gasteiger partial charge < -0.3 is 11.1 Å². The van der Waals surface area contributed by atoms with E-state index < -0.39 is 0 Å². The number of pyridine rings is 1. The second kappa shape index (κ2) is 7.60. The number of nitrogens with one attached hydrogen (secondary N) is 1. The second-order valence-corrected chi connectivity index (χ2v) is 5.97. The summed E-state index contributed by atoms with van der Waals surface area (Å²) < 4.78 is 0. The maximum absolute atomic E-state index is 12.1. The third-order valence-corrected chi connectivity index (χ3v) is 4.48. The predicted molar refractivity (Wildman–Crippen MR) is 82.9 cm³/mol. The molecule has 1 saturated carbocycles. The van der Waals surface area contributed by atoms with Crippen LogP contribution in [-0.4, -0.2) is 27.9 Å². The molecule has 1 aliphatic rings. The fourth-order valence-corrected chi connectivity index (χ4v) is 3.52. The highest BCUT2D eigenvalue weighted by molar-refractivity contribution is 7.99. The van der Waals surface area contributed by atoms with Gasteiger partial charge in [0, 0.05) is 11.3 Å². The number of rotatable bonds is 4. The van der Waals surface area contributed by atoms with Gasteiger partial charge in [0.05, 0.1) is 0 Å². The quantitative estimate of drug-likeness (QED) is 0.896. The van der Waals surface area contributed by atoms with Crippen molar-refractivity contribution in [1.29, 1.82) is 0 Å². The van der Waals surface area contributed by atoms with E-state index in [9.17, 15) is 4.79 Å². The molecular formula is C13H20ClN3OS. The van der Waals surface area contributed by atoms with Crippen molar-refractivity contribution in [2.24, 2.45) is 0 Å². The third kappa shape index (κ3) is 4.28. The van der Waals surface area contributed by atoms with Crippen LogP contribution in [0.4, 0.5) is 5.82 Å². The van der Waals surface area contributed by atoms with E-state index in [4.69, 9.17) is 5.73 Å². The maximum atomic E-state index is 12.1. The number of nitrogens with two attached hydrogens (primary N) is 1. The highest BCUT2D eigenvalue weighted by Crippen LogP contribution is 2.29. The fourth-order valence-electron chi connectivity index (χ4n) is 2.32. The molecule has 106 valence electrons. The molecule has 1 fully saturated rings. The zero-order valence-corrected chi connectivity index (χ0v) is 12.6. The highest BCUT2D eigenvalue weighted by atomic mass is 35.5.